The monoisotopic (exact) mass is 442 g/mol. The van der Waals surface area contributed by atoms with Crippen molar-refractivity contribution >= 4 is 0 Å². The Bertz CT molecular complexity index is 1110. The summed E-state index contributed by atoms with van der Waals surface area (Å²) in [6.07, 6.45) is 5.13. The van der Waals surface area contributed by atoms with Crippen molar-refractivity contribution in [3.63, 3.8) is 0 Å². The highest BCUT2D eigenvalue weighted by Crippen LogP contribution is 2.38. The molecule has 3 aromatic rings. The average Bonchev–Trinajstić information content (AvgIpc) is 3.31. The quantitative estimate of drug-likeness (QED) is 0.476. The number of fused-ring (bicyclic) bond motifs is 3. The summed E-state index contributed by atoms with van der Waals surface area (Å²) in [5.74, 6) is 3.06. The van der Waals surface area contributed by atoms with E-state index in [4.69, 9.17) is 18.9 Å². The highest BCUT2D eigenvalue weighted by Gasteiger charge is 2.24. The van der Waals surface area contributed by atoms with Crippen LogP contribution in [0, 0.1) is 0 Å². The maximum atomic E-state index is 6.38. The number of hydrogen-bond donors (Lipinski definition) is 0. The minimum absolute atomic E-state index is 0.104. The highest BCUT2D eigenvalue weighted by molar-refractivity contribution is 5.45. The van der Waals surface area contributed by atoms with Crippen LogP contribution in [0.5, 0.6) is 17.2 Å². The van der Waals surface area contributed by atoms with Crippen LogP contribution in [0.1, 0.15) is 59.1 Å². The first-order chi connectivity index (χ1) is 16.3. The predicted molar refractivity (Wildman–Crippen MR) is 127 cm³/mol. The minimum atomic E-state index is 0.104. The zero-order valence-electron chi connectivity index (χ0n) is 18.9. The van der Waals surface area contributed by atoms with Gasteiger partial charge in [-0.2, -0.15) is 0 Å². The second-order valence-corrected chi connectivity index (χ2v) is 9.28. The summed E-state index contributed by atoms with van der Waals surface area (Å²) >= 11 is 0. The molecule has 0 fully saturated rings. The minimum Gasteiger partial charge on any atom is -0.493 e. The van der Waals surface area contributed by atoms with E-state index < -0.39 is 0 Å². The molecule has 6 rings (SSSR count). The normalized spacial score (nSPS) is 22.1. The van der Waals surface area contributed by atoms with Gasteiger partial charge in [-0.1, -0.05) is 42.5 Å². The molecule has 2 atom stereocenters. The van der Waals surface area contributed by atoms with Gasteiger partial charge in [-0.05, 0) is 71.7 Å². The largest absolute Gasteiger partial charge is 0.493 e. The third-order valence-corrected chi connectivity index (χ3v) is 7.14. The Morgan fingerprint density at radius 3 is 2.36 bits per heavy atom. The van der Waals surface area contributed by atoms with Crippen molar-refractivity contribution in [3.8, 4) is 17.2 Å². The molecule has 0 aromatic heterocycles. The molecule has 3 aliphatic rings. The zero-order valence-corrected chi connectivity index (χ0v) is 18.9. The Hall–Kier alpha value is -2.98. The smallest absolute Gasteiger partial charge is 0.161 e. The van der Waals surface area contributed by atoms with Gasteiger partial charge in [0.1, 0.15) is 5.75 Å². The summed E-state index contributed by atoms with van der Waals surface area (Å²) in [5.41, 5.74) is 6.48. The molecule has 170 valence electrons. The summed E-state index contributed by atoms with van der Waals surface area (Å²) in [5, 5.41) is 0. The van der Waals surface area contributed by atoms with Gasteiger partial charge in [0.05, 0.1) is 32.5 Å². The maximum absolute atomic E-state index is 6.38. The second kappa shape index (κ2) is 9.11. The van der Waals surface area contributed by atoms with Crippen molar-refractivity contribution in [2.45, 2.75) is 50.7 Å². The van der Waals surface area contributed by atoms with Crippen LogP contribution in [0.15, 0.2) is 60.7 Å². The molecule has 3 aliphatic heterocycles. The van der Waals surface area contributed by atoms with Crippen molar-refractivity contribution in [3.05, 3.63) is 88.5 Å². The van der Waals surface area contributed by atoms with Crippen molar-refractivity contribution in [2.75, 3.05) is 19.8 Å². The fraction of sp³-hybridized carbons (Fsp3) is 0.379. The summed E-state index contributed by atoms with van der Waals surface area (Å²) in [4.78, 5) is 0. The average molecular weight is 443 g/mol. The fourth-order valence-electron chi connectivity index (χ4n) is 5.18. The lowest BCUT2D eigenvalue weighted by Crippen LogP contribution is -2.09. The SMILES string of the molecule is c1ccc2c(c1)CCC(c1ccc3c(c1)OCC(c1ccc4c(c1)OCCCO4)CC3)OC2. The molecule has 0 radical (unpaired) electrons. The standard InChI is InChI=1S/C29H30O4/c1-2-5-24-18-32-26(12-10-20(24)4-1)23-8-6-21-7-9-25(19-33-28(21)17-23)22-11-13-27-29(16-22)31-15-3-14-30-27/h1-2,4-6,8,11,13,16-17,25-26H,3,7,9-10,12,14-15,18-19H2. The molecule has 0 spiro atoms. The topological polar surface area (TPSA) is 36.9 Å². The third kappa shape index (κ3) is 4.32. The van der Waals surface area contributed by atoms with E-state index in [1.807, 2.05) is 6.07 Å². The molecule has 0 bridgehead atoms. The molecule has 4 nitrogen and oxygen atoms in total. The lowest BCUT2D eigenvalue weighted by atomic mass is 9.93. The number of rotatable bonds is 2. The molecule has 0 N–H and O–H groups in total. The van der Waals surface area contributed by atoms with E-state index in [1.165, 1.54) is 27.8 Å². The van der Waals surface area contributed by atoms with Crippen LogP contribution in [0.4, 0.5) is 0 Å². The van der Waals surface area contributed by atoms with Crippen LogP contribution in [0.2, 0.25) is 0 Å². The van der Waals surface area contributed by atoms with Crippen molar-refractivity contribution in [1.29, 1.82) is 0 Å². The van der Waals surface area contributed by atoms with E-state index in [0.717, 1.165) is 49.4 Å². The zero-order chi connectivity index (χ0) is 22.0. The molecule has 3 aromatic carbocycles. The lowest BCUT2D eigenvalue weighted by molar-refractivity contribution is 0.0397. The van der Waals surface area contributed by atoms with Crippen LogP contribution < -0.4 is 14.2 Å². The maximum Gasteiger partial charge on any atom is 0.161 e. The van der Waals surface area contributed by atoms with Crippen molar-refractivity contribution in [2.24, 2.45) is 0 Å². The van der Waals surface area contributed by atoms with Gasteiger partial charge in [0.2, 0.25) is 0 Å². The van der Waals surface area contributed by atoms with Gasteiger partial charge in [-0.3, -0.25) is 0 Å². The Morgan fingerprint density at radius 2 is 1.42 bits per heavy atom. The molecule has 0 saturated heterocycles. The van der Waals surface area contributed by atoms with Crippen LogP contribution in [0.3, 0.4) is 0 Å². The van der Waals surface area contributed by atoms with E-state index in [2.05, 4.69) is 54.6 Å². The number of hydrogen-bond acceptors (Lipinski definition) is 4. The molecule has 3 heterocycles. The first-order valence-corrected chi connectivity index (χ1v) is 12.2. The number of benzene rings is 3. The summed E-state index contributed by atoms with van der Waals surface area (Å²) in [6, 6.07) is 21.7. The van der Waals surface area contributed by atoms with Crippen LogP contribution >= 0.6 is 0 Å². The van der Waals surface area contributed by atoms with Crippen LogP contribution in [-0.2, 0) is 24.2 Å². The van der Waals surface area contributed by atoms with Gasteiger partial charge in [0.15, 0.2) is 11.5 Å². The Kier molecular flexibility index (Phi) is 5.69. The summed E-state index contributed by atoms with van der Waals surface area (Å²) < 4.78 is 24.4. The van der Waals surface area contributed by atoms with Crippen LogP contribution in [0.25, 0.3) is 0 Å². The Labute approximate surface area is 195 Å². The summed E-state index contributed by atoms with van der Waals surface area (Å²) in [6.45, 7) is 2.77. The Morgan fingerprint density at radius 1 is 0.636 bits per heavy atom. The first kappa shape index (κ1) is 20.6. The van der Waals surface area contributed by atoms with E-state index >= 15 is 0 Å². The molecule has 4 heteroatoms. The van der Waals surface area contributed by atoms with Crippen molar-refractivity contribution < 1.29 is 18.9 Å². The molecule has 0 aliphatic carbocycles. The molecule has 0 amide bonds. The molecular formula is C29H30O4. The van der Waals surface area contributed by atoms with Crippen LogP contribution in [-0.4, -0.2) is 19.8 Å². The van der Waals surface area contributed by atoms with Gasteiger partial charge in [0, 0.05) is 12.3 Å². The van der Waals surface area contributed by atoms with Crippen molar-refractivity contribution in [1.82, 2.24) is 0 Å². The lowest BCUT2D eigenvalue weighted by Gasteiger charge is -2.18. The van der Waals surface area contributed by atoms with Gasteiger partial charge in [0.25, 0.3) is 0 Å². The van der Waals surface area contributed by atoms with E-state index in [-0.39, 0.29) is 6.10 Å². The molecule has 33 heavy (non-hydrogen) atoms. The molecule has 2 unspecified atom stereocenters. The second-order valence-electron chi connectivity index (χ2n) is 9.28. The third-order valence-electron chi connectivity index (χ3n) is 7.14. The van der Waals surface area contributed by atoms with Gasteiger partial charge in [-0.15, -0.1) is 0 Å². The number of ether oxygens (including phenoxy) is 4. The highest BCUT2D eigenvalue weighted by atomic mass is 16.5. The molecular weight excluding hydrogens is 412 g/mol. The van der Waals surface area contributed by atoms with E-state index in [9.17, 15) is 0 Å². The number of aryl methyl sites for hydroxylation is 2. The van der Waals surface area contributed by atoms with Gasteiger partial charge >= 0.3 is 0 Å². The summed E-state index contributed by atoms with van der Waals surface area (Å²) in [7, 11) is 0. The Balaban J connectivity index is 1.17. The predicted octanol–water partition coefficient (Wildman–Crippen LogP) is 6.16. The first-order valence-electron chi connectivity index (χ1n) is 12.2. The molecule has 0 saturated carbocycles. The van der Waals surface area contributed by atoms with E-state index in [1.54, 1.807) is 0 Å². The fourth-order valence-corrected chi connectivity index (χ4v) is 5.18. The van der Waals surface area contributed by atoms with E-state index in [0.29, 0.717) is 32.3 Å². The van der Waals surface area contributed by atoms with Gasteiger partial charge < -0.3 is 18.9 Å². The van der Waals surface area contributed by atoms with Gasteiger partial charge in [-0.25, -0.2) is 0 Å².